The highest BCUT2D eigenvalue weighted by Crippen LogP contribution is 2.28. The Hall–Kier alpha value is -2.86. The SMILES string of the molecule is CCCCCCCCOc1cc(CCO)c2oc3ccc(C(=O)O)cc3c(=O)c2c1. The first-order chi connectivity index (χ1) is 14.5. The minimum atomic E-state index is -1.10. The summed E-state index contributed by atoms with van der Waals surface area (Å²) in [7, 11) is 0. The van der Waals surface area contributed by atoms with E-state index in [1.165, 1.54) is 43.9 Å². The van der Waals surface area contributed by atoms with Crippen molar-refractivity contribution in [1.82, 2.24) is 0 Å². The summed E-state index contributed by atoms with van der Waals surface area (Å²) >= 11 is 0. The molecule has 2 N–H and O–H groups in total. The Kier molecular flexibility index (Phi) is 7.46. The Morgan fingerprint density at radius 3 is 2.53 bits per heavy atom. The van der Waals surface area contributed by atoms with Crippen molar-refractivity contribution >= 4 is 27.9 Å². The molecule has 0 spiro atoms. The zero-order valence-corrected chi connectivity index (χ0v) is 17.3. The van der Waals surface area contributed by atoms with Gasteiger partial charge in [0.2, 0.25) is 5.43 Å². The number of benzene rings is 2. The van der Waals surface area contributed by atoms with Crippen molar-refractivity contribution in [3.05, 3.63) is 51.7 Å². The maximum Gasteiger partial charge on any atom is 0.335 e. The third-order valence-electron chi connectivity index (χ3n) is 5.21. The molecule has 0 unspecified atom stereocenters. The molecule has 0 radical (unpaired) electrons. The number of hydrogen-bond donors (Lipinski definition) is 2. The van der Waals surface area contributed by atoms with Gasteiger partial charge in [-0.15, -0.1) is 0 Å². The van der Waals surface area contributed by atoms with Crippen molar-refractivity contribution < 1.29 is 24.2 Å². The third kappa shape index (κ3) is 5.00. The molecule has 0 bridgehead atoms. The largest absolute Gasteiger partial charge is 0.494 e. The van der Waals surface area contributed by atoms with E-state index in [4.69, 9.17) is 9.15 Å². The third-order valence-corrected chi connectivity index (χ3v) is 5.21. The quantitative estimate of drug-likeness (QED) is 0.343. The van der Waals surface area contributed by atoms with Crippen molar-refractivity contribution in [1.29, 1.82) is 0 Å². The highest BCUT2D eigenvalue weighted by Gasteiger charge is 2.15. The molecule has 6 heteroatoms. The van der Waals surface area contributed by atoms with Crippen molar-refractivity contribution in [3.8, 4) is 5.75 Å². The average Bonchev–Trinajstić information content (AvgIpc) is 2.74. The Morgan fingerprint density at radius 1 is 1.03 bits per heavy atom. The Morgan fingerprint density at radius 2 is 1.80 bits per heavy atom. The summed E-state index contributed by atoms with van der Waals surface area (Å²) in [5, 5.41) is 19.2. The number of hydrogen-bond acceptors (Lipinski definition) is 5. The molecule has 6 nitrogen and oxygen atoms in total. The van der Waals surface area contributed by atoms with E-state index in [2.05, 4.69) is 6.92 Å². The van der Waals surface area contributed by atoms with Crippen LogP contribution in [-0.2, 0) is 6.42 Å². The van der Waals surface area contributed by atoms with Crippen LogP contribution < -0.4 is 10.2 Å². The number of ether oxygens (including phenoxy) is 1. The minimum Gasteiger partial charge on any atom is -0.494 e. The van der Waals surface area contributed by atoms with Crippen LogP contribution in [0.1, 0.15) is 61.4 Å². The van der Waals surface area contributed by atoms with Gasteiger partial charge in [0.1, 0.15) is 16.9 Å². The van der Waals surface area contributed by atoms with Gasteiger partial charge in [-0.3, -0.25) is 4.79 Å². The number of carbonyl (C=O) groups is 1. The normalized spacial score (nSPS) is 11.3. The first kappa shape index (κ1) is 21.8. The second-order valence-corrected chi connectivity index (χ2v) is 7.50. The van der Waals surface area contributed by atoms with Crippen LogP contribution >= 0.6 is 0 Å². The van der Waals surface area contributed by atoms with E-state index in [1.54, 1.807) is 12.1 Å². The number of unbranched alkanes of at least 4 members (excludes halogenated alkanes) is 5. The number of aromatic carboxylic acids is 1. The van der Waals surface area contributed by atoms with Crippen LogP contribution in [0.25, 0.3) is 21.9 Å². The molecule has 0 aliphatic carbocycles. The maximum atomic E-state index is 13.1. The first-order valence-electron chi connectivity index (χ1n) is 10.6. The molecule has 0 amide bonds. The Balaban J connectivity index is 1.91. The monoisotopic (exact) mass is 412 g/mol. The lowest BCUT2D eigenvalue weighted by atomic mass is 10.0. The van der Waals surface area contributed by atoms with Gasteiger partial charge in [-0.05, 0) is 43.2 Å². The van der Waals surface area contributed by atoms with E-state index in [1.807, 2.05) is 0 Å². The summed E-state index contributed by atoms with van der Waals surface area (Å²) in [5.74, 6) is -0.547. The Labute approximate surface area is 175 Å². The molecular weight excluding hydrogens is 384 g/mol. The van der Waals surface area contributed by atoms with Gasteiger partial charge in [0.25, 0.3) is 0 Å². The number of carboxylic acids is 1. The first-order valence-corrected chi connectivity index (χ1v) is 10.6. The van der Waals surface area contributed by atoms with Gasteiger partial charge in [-0.25, -0.2) is 4.79 Å². The molecule has 2 aromatic carbocycles. The second kappa shape index (κ2) is 10.3. The summed E-state index contributed by atoms with van der Waals surface area (Å²) in [5.41, 5.74) is 1.13. The molecule has 30 heavy (non-hydrogen) atoms. The average molecular weight is 412 g/mol. The highest BCUT2D eigenvalue weighted by molar-refractivity contribution is 5.96. The fourth-order valence-electron chi connectivity index (χ4n) is 3.60. The van der Waals surface area contributed by atoms with Gasteiger partial charge < -0.3 is 19.4 Å². The van der Waals surface area contributed by atoms with Gasteiger partial charge in [0.05, 0.1) is 22.9 Å². The highest BCUT2D eigenvalue weighted by atomic mass is 16.5. The van der Waals surface area contributed by atoms with E-state index < -0.39 is 5.97 Å². The summed E-state index contributed by atoms with van der Waals surface area (Å²) in [6, 6.07) is 7.68. The fourth-order valence-corrected chi connectivity index (χ4v) is 3.60. The van der Waals surface area contributed by atoms with Crippen LogP contribution in [0.5, 0.6) is 5.75 Å². The van der Waals surface area contributed by atoms with Gasteiger partial charge in [0, 0.05) is 12.2 Å². The van der Waals surface area contributed by atoms with Crippen LogP contribution in [-0.4, -0.2) is 29.4 Å². The van der Waals surface area contributed by atoms with Gasteiger partial charge in [-0.2, -0.15) is 0 Å². The van der Waals surface area contributed by atoms with Crippen molar-refractivity contribution in [3.63, 3.8) is 0 Å². The smallest absolute Gasteiger partial charge is 0.335 e. The molecule has 0 atom stereocenters. The molecule has 3 aromatic rings. The predicted octanol–water partition coefficient (Wildman–Crippen LogP) is 4.92. The predicted molar refractivity (Wildman–Crippen MR) is 117 cm³/mol. The number of rotatable bonds is 11. The number of aliphatic hydroxyl groups excluding tert-OH is 1. The summed E-state index contributed by atoms with van der Waals surface area (Å²) in [6.45, 7) is 2.66. The van der Waals surface area contributed by atoms with Crippen LogP contribution in [0.15, 0.2) is 39.5 Å². The summed E-state index contributed by atoms with van der Waals surface area (Å²) in [4.78, 5) is 24.3. The van der Waals surface area contributed by atoms with Crippen molar-refractivity contribution in [2.45, 2.75) is 51.9 Å². The van der Waals surface area contributed by atoms with E-state index in [0.29, 0.717) is 40.9 Å². The van der Waals surface area contributed by atoms with Crippen molar-refractivity contribution in [2.75, 3.05) is 13.2 Å². The molecule has 0 aliphatic rings. The topological polar surface area (TPSA) is 97.0 Å². The Bertz CT molecular complexity index is 1080. The van der Waals surface area contributed by atoms with Crippen LogP contribution in [0.3, 0.4) is 0 Å². The van der Waals surface area contributed by atoms with Crippen LogP contribution in [0.4, 0.5) is 0 Å². The molecule has 0 saturated heterocycles. The minimum absolute atomic E-state index is 0.0280. The lowest BCUT2D eigenvalue weighted by Crippen LogP contribution is -2.07. The molecule has 0 aliphatic heterocycles. The van der Waals surface area contributed by atoms with Gasteiger partial charge >= 0.3 is 5.97 Å². The lowest BCUT2D eigenvalue weighted by Gasteiger charge is -2.11. The molecular formula is C24H28O6. The van der Waals surface area contributed by atoms with Crippen molar-refractivity contribution in [2.24, 2.45) is 0 Å². The standard InChI is InChI=1S/C24H28O6/c1-2-3-4-5-6-7-12-29-18-13-16(10-11-25)23-20(15-18)22(26)19-14-17(24(27)28)8-9-21(19)30-23/h8-9,13-15,25H,2-7,10-12H2,1H3,(H,27,28). The fraction of sp³-hybridized carbons (Fsp3) is 0.417. The molecule has 3 rings (SSSR count). The van der Waals surface area contributed by atoms with Gasteiger partial charge in [0.15, 0.2) is 0 Å². The van der Waals surface area contributed by atoms with Crippen LogP contribution in [0.2, 0.25) is 0 Å². The molecule has 160 valence electrons. The lowest BCUT2D eigenvalue weighted by molar-refractivity contribution is 0.0697. The molecule has 1 heterocycles. The van der Waals surface area contributed by atoms with E-state index >= 15 is 0 Å². The van der Waals surface area contributed by atoms with E-state index in [-0.39, 0.29) is 23.0 Å². The zero-order valence-electron chi connectivity index (χ0n) is 17.3. The summed E-state index contributed by atoms with van der Waals surface area (Å²) < 4.78 is 11.8. The maximum absolute atomic E-state index is 13.1. The molecule has 0 fully saturated rings. The second-order valence-electron chi connectivity index (χ2n) is 7.50. The molecule has 0 saturated carbocycles. The van der Waals surface area contributed by atoms with E-state index in [9.17, 15) is 19.8 Å². The number of carboxylic acid groups (broad SMARTS) is 1. The van der Waals surface area contributed by atoms with E-state index in [0.717, 1.165) is 12.8 Å². The van der Waals surface area contributed by atoms with Gasteiger partial charge in [-0.1, -0.05) is 39.0 Å². The summed E-state index contributed by atoms with van der Waals surface area (Å²) in [6.07, 6.45) is 7.25. The molecule has 1 aromatic heterocycles. The number of aliphatic hydroxyl groups is 1. The number of fused-ring (bicyclic) bond motifs is 2. The zero-order chi connectivity index (χ0) is 21.5. The van der Waals surface area contributed by atoms with Crippen LogP contribution in [0, 0.1) is 0 Å².